The van der Waals surface area contributed by atoms with Gasteiger partial charge in [0.1, 0.15) is 0 Å². The van der Waals surface area contributed by atoms with Crippen LogP contribution in [0.25, 0.3) is 0 Å². The molecule has 0 saturated heterocycles. The number of rotatable bonds is 8. The highest BCUT2D eigenvalue weighted by atomic mass is 19.3. The fourth-order valence-electron chi connectivity index (χ4n) is 1.29. The molecule has 1 aromatic heterocycles. The zero-order valence-electron chi connectivity index (χ0n) is 10.4. The number of aromatic nitrogens is 2. The van der Waals surface area contributed by atoms with E-state index in [4.69, 9.17) is 9.52 Å². The summed E-state index contributed by atoms with van der Waals surface area (Å²) in [5.74, 6) is 0.330. The molecule has 0 bridgehead atoms. The molecule has 1 heterocycles. The predicted octanol–water partition coefficient (Wildman–Crippen LogP) is 0.631. The van der Waals surface area contributed by atoms with Gasteiger partial charge in [-0.3, -0.25) is 0 Å². The van der Waals surface area contributed by atoms with Gasteiger partial charge in [-0.1, -0.05) is 18.9 Å². The molecule has 0 amide bonds. The van der Waals surface area contributed by atoms with Gasteiger partial charge in [0.2, 0.25) is 5.89 Å². The zero-order chi connectivity index (χ0) is 13.5. The number of aliphatic hydroxyl groups is 1. The summed E-state index contributed by atoms with van der Waals surface area (Å²) in [6, 6.07) is 0.264. The van der Waals surface area contributed by atoms with Gasteiger partial charge < -0.3 is 19.7 Å². The maximum Gasteiger partial charge on any atom is 0.318 e. The fourth-order valence-corrected chi connectivity index (χ4v) is 1.29. The average Bonchev–Trinajstić information content (AvgIpc) is 2.73. The Bertz CT molecular complexity index is 346. The molecular formula is C10H18F2N4O2. The number of alkyl halides is 2. The van der Waals surface area contributed by atoms with Crippen LogP contribution in [0.1, 0.15) is 19.7 Å². The number of nitrogens with zero attached hydrogens (tertiary/aromatic N) is 3. The van der Waals surface area contributed by atoms with E-state index >= 15 is 0 Å². The minimum Gasteiger partial charge on any atom is -0.407 e. The van der Waals surface area contributed by atoms with E-state index in [0.29, 0.717) is 12.4 Å². The van der Waals surface area contributed by atoms with E-state index in [2.05, 4.69) is 15.5 Å². The van der Waals surface area contributed by atoms with Crippen molar-refractivity contribution in [3.8, 4) is 0 Å². The highest BCUT2D eigenvalue weighted by Gasteiger charge is 2.18. The Hall–Kier alpha value is -1.28. The van der Waals surface area contributed by atoms with Gasteiger partial charge in [0.05, 0.1) is 19.7 Å². The Morgan fingerprint density at radius 3 is 2.67 bits per heavy atom. The van der Waals surface area contributed by atoms with Crippen LogP contribution in [0.5, 0.6) is 0 Å². The number of halogens is 2. The van der Waals surface area contributed by atoms with Gasteiger partial charge >= 0.3 is 6.01 Å². The van der Waals surface area contributed by atoms with Crippen LogP contribution in [0, 0.1) is 0 Å². The molecule has 0 unspecified atom stereocenters. The second kappa shape index (κ2) is 7.22. The van der Waals surface area contributed by atoms with Gasteiger partial charge in [0.15, 0.2) is 0 Å². The standard InChI is InChI=1S/C10H18F2N4O2/c1-7(2)13-5-9-14-15-10(18-9)16(3-4-17)6-8(11)12/h7-8,13,17H,3-6H2,1-2H3. The lowest BCUT2D eigenvalue weighted by Gasteiger charge is -2.17. The molecule has 1 rings (SSSR count). The highest BCUT2D eigenvalue weighted by molar-refractivity contribution is 5.23. The van der Waals surface area contributed by atoms with Crippen molar-refractivity contribution in [1.29, 1.82) is 0 Å². The average molecular weight is 264 g/mol. The van der Waals surface area contributed by atoms with Crippen molar-refractivity contribution in [3.05, 3.63) is 5.89 Å². The molecular weight excluding hydrogens is 246 g/mol. The lowest BCUT2D eigenvalue weighted by molar-refractivity contribution is 0.150. The topological polar surface area (TPSA) is 74.4 Å². The first kappa shape index (κ1) is 14.8. The minimum absolute atomic E-state index is 0.00454. The van der Waals surface area contributed by atoms with Gasteiger partial charge in [0.25, 0.3) is 6.43 Å². The first-order valence-electron chi connectivity index (χ1n) is 5.72. The zero-order valence-corrected chi connectivity index (χ0v) is 10.4. The summed E-state index contributed by atoms with van der Waals surface area (Å²) in [6.07, 6.45) is -2.53. The van der Waals surface area contributed by atoms with Gasteiger partial charge in [-0.2, -0.15) is 0 Å². The molecule has 0 spiro atoms. The summed E-state index contributed by atoms with van der Waals surface area (Å²) in [5, 5.41) is 19.3. The Balaban J connectivity index is 2.62. The van der Waals surface area contributed by atoms with Crippen molar-refractivity contribution in [3.63, 3.8) is 0 Å². The third-order valence-electron chi connectivity index (χ3n) is 2.12. The van der Waals surface area contributed by atoms with Crippen molar-refractivity contribution in [2.24, 2.45) is 0 Å². The lowest BCUT2D eigenvalue weighted by Crippen LogP contribution is -2.31. The maximum atomic E-state index is 12.3. The van der Waals surface area contributed by atoms with E-state index in [1.165, 1.54) is 0 Å². The van der Waals surface area contributed by atoms with Crippen molar-refractivity contribution in [2.45, 2.75) is 32.9 Å². The summed E-state index contributed by atoms with van der Waals surface area (Å²) in [6.45, 7) is 3.54. The van der Waals surface area contributed by atoms with E-state index in [1.54, 1.807) is 0 Å². The molecule has 0 aromatic carbocycles. The smallest absolute Gasteiger partial charge is 0.318 e. The van der Waals surface area contributed by atoms with Gasteiger partial charge in [0, 0.05) is 12.6 Å². The number of hydrogen-bond acceptors (Lipinski definition) is 6. The van der Waals surface area contributed by atoms with Gasteiger partial charge in [-0.25, -0.2) is 8.78 Å². The molecule has 0 aliphatic carbocycles. The van der Waals surface area contributed by atoms with Crippen LogP contribution in [-0.4, -0.2) is 47.5 Å². The Morgan fingerprint density at radius 2 is 2.11 bits per heavy atom. The number of aliphatic hydroxyl groups excluding tert-OH is 1. The Morgan fingerprint density at radius 1 is 1.39 bits per heavy atom. The van der Waals surface area contributed by atoms with Crippen LogP contribution in [0.3, 0.4) is 0 Å². The first-order valence-corrected chi connectivity index (χ1v) is 5.72. The second-order valence-corrected chi connectivity index (χ2v) is 4.07. The van der Waals surface area contributed by atoms with Crippen molar-refractivity contribution >= 4 is 6.01 Å². The van der Waals surface area contributed by atoms with Crippen LogP contribution in [0.2, 0.25) is 0 Å². The van der Waals surface area contributed by atoms with Gasteiger partial charge in [-0.05, 0) is 0 Å². The number of hydrogen-bond donors (Lipinski definition) is 2. The molecule has 0 atom stereocenters. The molecule has 2 N–H and O–H groups in total. The summed E-state index contributed by atoms with van der Waals surface area (Å²) >= 11 is 0. The molecule has 1 aromatic rings. The van der Waals surface area contributed by atoms with E-state index in [9.17, 15) is 8.78 Å². The van der Waals surface area contributed by atoms with Crippen LogP contribution in [0.15, 0.2) is 4.42 Å². The largest absolute Gasteiger partial charge is 0.407 e. The molecule has 0 fully saturated rings. The molecule has 104 valence electrons. The molecule has 0 aliphatic heterocycles. The Labute approximate surface area is 104 Å². The van der Waals surface area contributed by atoms with Gasteiger partial charge in [-0.15, -0.1) is 5.10 Å². The van der Waals surface area contributed by atoms with Crippen molar-refractivity contribution < 1.29 is 18.3 Å². The number of anilines is 1. The highest BCUT2D eigenvalue weighted by Crippen LogP contribution is 2.13. The Kier molecular flexibility index (Phi) is 5.93. The van der Waals surface area contributed by atoms with E-state index in [0.717, 1.165) is 4.90 Å². The fraction of sp³-hybridized carbons (Fsp3) is 0.800. The SMILES string of the molecule is CC(C)NCc1nnc(N(CCO)CC(F)F)o1. The summed E-state index contributed by atoms with van der Waals surface area (Å²) in [5.41, 5.74) is 0. The second-order valence-electron chi connectivity index (χ2n) is 4.07. The molecule has 18 heavy (non-hydrogen) atoms. The van der Waals surface area contributed by atoms with Crippen LogP contribution < -0.4 is 10.2 Å². The van der Waals surface area contributed by atoms with E-state index in [-0.39, 0.29) is 25.2 Å². The van der Waals surface area contributed by atoms with Crippen molar-refractivity contribution in [2.75, 3.05) is 24.6 Å². The summed E-state index contributed by atoms with van der Waals surface area (Å²) < 4.78 is 29.9. The van der Waals surface area contributed by atoms with Crippen molar-refractivity contribution in [1.82, 2.24) is 15.5 Å². The summed E-state index contributed by atoms with van der Waals surface area (Å²) in [4.78, 5) is 1.16. The molecule has 6 nitrogen and oxygen atoms in total. The monoisotopic (exact) mass is 264 g/mol. The van der Waals surface area contributed by atoms with E-state index in [1.807, 2.05) is 13.8 Å². The lowest BCUT2D eigenvalue weighted by atomic mass is 10.4. The molecule has 0 saturated carbocycles. The first-order chi connectivity index (χ1) is 8.52. The molecule has 8 heteroatoms. The molecule has 0 radical (unpaired) electrons. The number of nitrogens with one attached hydrogen (secondary N) is 1. The van der Waals surface area contributed by atoms with E-state index < -0.39 is 13.0 Å². The van der Waals surface area contributed by atoms with Crippen LogP contribution in [0.4, 0.5) is 14.8 Å². The normalized spacial score (nSPS) is 11.5. The van der Waals surface area contributed by atoms with Crippen LogP contribution in [-0.2, 0) is 6.54 Å². The third-order valence-corrected chi connectivity index (χ3v) is 2.12. The van der Waals surface area contributed by atoms with Crippen LogP contribution >= 0.6 is 0 Å². The predicted molar refractivity (Wildman–Crippen MR) is 61.6 cm³/mol. The quantitative estimate of drug-likeness (QED) is 0.717. The maximum absolute atomic E-state index is 12.3. The molecule has 0 aliphatic rings. The summed E-state index contributed by atoms with van der Waals surface area (Å²) in [7, 11) is 0. The minimum atomic E-state index is -2.53. The third kappa shape index (κ3) is 4.92.